The van der Waals surface area contributed by atoms with Gasteiger partial charge in [-0.3, -0.25) is 14.4 Å². The van der Waals surface area contributed by atoms with Crippen LogP contribution in [0.25, 0.3) is 0 Å². The molecular weight excluding hydrogens is 889 g/mol. The minimum Gasteiger partial charge on any atom is -0.462 e. The first-order chi connectivity index (χ1) is 35.5. The van der Waals surface area contributed by atoms with Crippen molar-refractivity contribution in [2.24, 2.45) is 0 Å². The van der Waals surface area contributed by atoms with Gasteiger partial charge in [0.1, 0.15) is 13.2 Å². The molecule has 0 N–H and O–H groups in total. The van der Waals surface area contributed by atoms with Crippen LogP contribution in [0.5, 0.6) is 0 Å². The number of ether oxygens (including phenoxy) is 3. The Balaban J connectivity index is 4.24. The van der Waals surface area contributed by atoms with Crippen molar-refractivity contribution in [2.45, 2.75) is 277 Å². The highest BCUT2D eigenvalue weighted by Gasteiger charge is 2.19. The van der Waals surface area contributed by atoms with Crippen molar-refractivity contribution in [1.82, 2.24) is 0 Å². The molecule has 72 heavy (non-hydrogen) atoms. The Hall–Kier alpha value is -3.93. The molecule has 0 spiro atoms. The molecule has 0 fully saturated rings. The quantitative estimate of drug-likeness (QED) is 0.0261. The largest absolute Gasteiger partial charge is 0.462 e. The molecule has 0 saturated carbocycles. The molecule has 0 aliphatic carbocycles. The normalized spacial score (nSPS) is 12.9. The number of rotatable bonds is 53. The van der Waals surface area contributed by atoms with E-state index in [-0.39, 0.29) is 31.1 Å². The molecule has 0 rings (SSSR count). The number of unbranched alkanes of at least 4 members (excludes halogenated alkanes) is 24. The Morgan fingerprint density at radius 3 is 0.861 bits per heavy atom. The molecule has 0 amide bonds. The maximum atomic E-state index is 12.8. The molecule has 0 aliphatic rings. The highest BCUT2D eigenvalue weighted by atomic mass is 16.6. The summed E-state index contributed by atoms with van der Waals surface area (Å²) >= 11 is 0. The van der Waals surface area contributed by atoms with Gasteiger partial charge in [0.2, 0.25) is 0 Å². The Morgan fingerprint density at radius 2 is 0.542 bits per heavy atom. The lowest BCUT2D eigenvalue weighted by molar-refractivity contribution is -0.167. The van der Waals surface area contributed by atoms with E-state index < -0.39 is 6.10 Å². The molecule has 0 aromatic rings. The summed E-state index contributed by atoms with van der Waals surface area (Å²) in [6.07, 6.45) is 80.9. The molecule has 0 radical (unpaired) electrons. The van der Waals surface area contributed by atoms with Crippen LogP contribution in [-0.2, 0) is 28.6 Å². The van der Waals surface area contributed by atoms with Gasteiger partial charge in [-0.15, -0.1) is 0 Å². The first kappa shape index (κ1) is 68.1. The van der Waals surface area contributed by atoms with Crippen LogP contribution < -0.4 is 0 Å². The van der Waals surface area contributed by atoms with E-state index in [2.05, 4.69) is 130 Å². The maximum absolute atomic E-state index is 12.8. The fourth-order valence-corrected chi connectivity index (χ4v) is 8.04. The maximum Gasteiger partial charge on any atom is 0.306 e. The predicted octanol–water partition coefficient (Wildman–Crippen LogP) is 20.3. The van der Waals surface area contributed by atoms with E-state index in [1.165, 1.54) is 96.3 Å². The third-order valence-corrected chi connectivity index (χ3v) is 12.5. The molecule has 1 unspecified atom stereocenters. The summed E-state index contributed by atoms with van der Waals surface area (Å²) in [6.45, 7) is 6.48. The third kappa shape index (κ3) is 57.0. The van der Waals surface area contributed by atoms with Crippen LogP contribution in [0.4, 0.5) is 0 Å². The molecule has 0 aromatic heterocycles. The molecule has 410 valence electrons. The molecule has 0 heterocycles. The molecule has 0 saturated heterocycles. The predicted molar refractivity (Wildman–Crippen MR) is 311 cm³/mol. The van der Waals surface area contributed by atoms with E-state index in [1.54, 1.807) is 0 Å². The number of carbonyl (C=O) groups excluding carboxylic acids is 3. The van der Waals surface area contributed by atoms with Crippen molar-refractivity contribution in [3.05, 3.63) is 109 Å². The van der Waals surface area contributed by atoms with E-state index in [4.69, 9.17) is 14.2 Å². The van der Waals surface area contributed by atoms with Crippen molar-refractivity contribution in [3.8, 4) is 0 Å². The van der Waals surface area contributed by atoms with E-state index in [9.17, 15) is 14.4 Å². The van der Waals surface area contributed by atoms with Crippen LogP contribution >= 0.6 is 0 Å². The Kier molecular flexibility index (Phi) is 56.4. The summed E-state index contributed by atoms with van der Waals surface area (Å²) in [5, 5.41) is 0. The molecule has 0 aliphatic heterocycles. The second kappa shape index (κ2) is 59.6. The molecule has 6 heteroatoms. The number of carbonyl (C=O) groups is 3. The third-order valence-electron chi connectivity index (χ3n) is 12.5. The Bertz CT molecular complexity index is 1470. The van der Waals surface area contributed by atoms with Gasteiger partial charge in [0.05, 0.1) is 0 Å². The van der Waals surface area contributed by atoms with Crippen LogP contribution in [0.2, 0.25) is 0 Å². The average Bonchev–Trinajstić information content (AvgIpc) is 3.38. The summed E-state index contributed by atoms with van der Waals surface area (Å²) in [5.41, 5.74) is 0. The number of esters is 3. The highest BCUT2D eigenvalue weighted by Crippen LogP contribution is 2.14. The smallest absolute Gasteiger partial charge is 0.306 e. The second-order valence-corrected chi connectivity index (χ2v) is 19.5. The lowest BCUT2D eigenvalue weighted by atomic mass is 10.1. The average molecular weight is 1000 g/mol. The van der Waals surface area contributed by atoms with E-state index in [1.807, 2.05) is 0 Å². The standard InChI is InChI=1S/C66H110O6/c1-4-7-10-13-16-19-21-23-25-26-27-28-29-30-31-32-33-34-35-36-37-38-39-40-41-43-44-47-50-53-56-59-65(68)71-62-63(61-70-64(67)58-55-52-49-46-18-15-12-9-6-3)72-66(69)60-57-54-51-48-45-42-24-22-20-17-14-11-8-5-2/h7,10,16,19,22-25,27-28,30-31,33-34,36-37,39-40,63H,4-6,8-9,11-15,17-18,20-21,26,29,32,35,38,41-62H2,1-3H3/b10-7-,19-16-,24-22-,25-23-,28-27-,31-30-,34-33-,37-36-,40-39-. The van der Waals surface area contributed by atoms with Crippen LogP contribution in [0.15, 0.2) is 109 Å². The lowest BCUT2D eigenvalue weighted by Gasteiger charge is -2.18. The SMILES string of the molecule is CC/C=C\C/C=C\C/C=C\C/C=C\C/C=C\C/C=C\C/C=C\C/C=C\CCCCCCCCC(=O)OCC(COC(=O)CCCCCCCCCCC)OC(=O)CCCCCCC/C=C\CCCCCCC. The Morgan fingerprint density at radius 1 is 0.292 bits per heavy atom. The summed E-state index contributed by atoms with van der Waals surface area (Å²) in [7, 11) is 0. The number of allylic oxidation sites excluding steroid dienone is 18. The van der Waals surface area contributed by atoms with Crippen LogP contribution in [0, 0.1) is 0 Å². The fraction of sp³-hybridized carbons (Fsp3) is 0.682. The van der Waals surface area contributed by atoms with Gasteiger partial charge in [0.25, 0.3) is 0 Å². The number of hydrogen-bond donors (Lipinski definition) is 0. The van der Waals surface area contributed by atoms with Gasteiger partial charge in [-0.05, 0) is 109 Å². The van der Waals surface area contributed by atoms with E-state index in [0.29, 0.717) is 19.3 Å². The molecule has 1 atom stereocenters. The van der Waals surface area contributed by atoms with Crippen molar-refractivity contribution in [1.29, 1.82) is 0 Å². The second-order valence-electron chi connectivity index (χ2n) is 19.5. The molecule has 0 aromatic carbocycles. The summed E-state index contributed by atoms with van der Waals surface area (Å²) in [6, 6.07) is 0. The summed E-state index contributed by atoms with van der Waals surface area (Å²) < 4.78 is 16.8. The fourth-order valence-electron chi connectivity index (χ4n) is 8.04. The minimum absolute atomic E-state index is 0.0848. The van der Waals surface area contributed by atoms with Crippen molar-refractivity contribution < 1.29 is 28.6 Å². The highest BCUT2D eigenvalue weighted by molar-refractivity contribution is 5.71. The zero-order valence-corrected chi connectivity index (χ0v) is 46.9. The van der Waals surface area contributed by atoms with E-state index in [0.717, 1.165) is 135 Å². The zero-order chi connectivity index (χ0) is 52.2. The van der Waals surface area contributed by atoms with Gasteiger partial charge in [-0.25, -0.2) is 0 Å². The minimum atomic E-state index is -0.787. The van der Waals surface area contributed by atoms with Gasteiger partial charge in [0, 0.05) is 19.3 Å². The lowest BCUT2D eigenvalue weighted by Crippen LogP contribution is -2.30. The first-order valence-electron chi connectivity index (χ1n) is 29.9. The topological polar surface area (TPSA) is 78.9 Å². The monoisotopic (exact) mass is 999 g/mol. The van der Waals surface area contributed by atoms with Gasteiger partial charge >= 0.3 is 17.9 Å². The van der Waals surface area contributed by atoms with Crippen molar-refractivity contribution >= 4 is 17.9 Å². The van der Waals surface area contributed by atoms with Crippen molar-refractivity contribution in [2.75, 3.05) is 13.2 Å². The molecule has 0 bridgehead atoms. The Labute approximate surface area is 444 Å². The zero-order valence-electron chi connectivity index (χ0n) is 46.9. The van der Waals surface area contributed by atoms with Crippen molar-refractivity contribution in [3.63, 3.8) is 0 Å². The van der Waals surface area contributed by atoms with Gasteiger partial charge < -0.3 is 14.2 Å². The van der Waals surface area contributed by atoms with Crippen LogP contribution in [0.1, 0.15) is 271 Å². The van der Waals surface area contributed by atoms with Gasteiger partial charge in [-0.1, -0.05) is 252 Å². The van der Waals surface area contributed by atoms with Crippen LogP contribution in [-0.4, -0.2) is 37.2 Å². The number of hydrogen-bond acceptors (Lipinski definition) is 6. The summed E-state index contributed by atoms with van der Waals surface area (Å²) in [4.78, 5) is 38.0. The van der Waals surface area contributed by atoms with Gasteiger partial charge in [-0.2, -0.15) is 0 Å². The molecular formula is C66H110O6. The van der Waals surface area contributed by atoms with Gasteiger partial charge in [0.15, 0.2) is 6.10 Å². The molecule has 6 nitrogen and oxygen atoms in total. The van der Waals surface area contributed by atoms with E-state index >= 15 is 0 Å². The summed E-state index contributed by atoms with van der Waals surface area (Å²) in [5.74, 6) is -0.910. The van der Waals surface area contributed by atoms with Crippen LogP contribution in [0.3, 0.4) is 0 Å². The first-order valence-corrected chi connectivity index (χ1v) is 29.9.